The predicted molar refractivity (Wildman–Crippen MR) is 130 cm³/mol. The number of aromatic nitrogens is 4. The molecular weight excluding hydrogens is 492 g/mol. The monoisotopic (exact) mass is 510 g/mol. The molecule has 1 aliphatic rings. The van der Waals surface area contributed by atoms with Crippen LogP contribution in [-0.4, -0.2) is 48.6 Å². The molecule has 5 rings (SSSR count). The Morgan fingerprint density at radius 2 is 1.91 bits per heavy atom. The van der Waals surface area contributed by atoms with Crippen molar-refractivity contribution in [3.63, 3.8) is 0 Å². The third kappa shape index (κ3) is 4.31. The molecule has 35 heavy (non-hydrogen) atoms. The predicted octanol–water partition coefficient (Wildman–Crippen LogP) is 3.53. The SMILES string of the molecule is COc1ccc(Cl)cc1S(=O)(=O)N1CCc2ccc(C(=O)Nc3ccc(-c4nn[nH]n4)cc3)cc21. The van der Waals surface area contributed by atoms with Crippen LogP contribution in [0.1, 0.15) is 15.9 Å². The number of ether oxygens (including phenoxy) is 1. The molecule has 0 aliphatic carbocycles. The number of hydrogen-bond donors (Lipinski definition) is 2. The van der Waals surface area contributed by atoms with Gasteiger partial charge < -0.3 is 10.1 Å². The first-order chi connectivity index (χ1) is 16.9. The summed E-state index contributed by atoms with van der Waals surface area (Å²) >= 11 is 6.07. The van der Waals surface area contributed by atoms with Gasteiger partial charge in [0.15, 0.2) is 0 Å². The second kappa shape index (κ2) is 9.01. The summed E-state index contributed by atoms with van der Waals surface area (Å²) in [4.78, 5) is 12.9. The van der Waals surface area contributed by atoms with Gasteiger partial charge in [0, 0.05) is 28.4 Å². The second-order valence-electron chi connectivity index (χ2n) is 7.73. The molecule has 4 aromatic rings. The molecule has 0 fully saturated rings. The maximum absolute atomic E-state index is 13.5. The molecule has 178 valence electrons. The molecule has 0 spiro atoms. The summed E-state index contributed by atoms with van der Waals surface area (Å²) in [7, 11) is -2.57. The summed E-state index contributed by atoms with van der Waals surface area (Å²) in [5.74, 6) is 0.268. The highest BCUT2D eigenvalue weighted by atomic mass is 35.5. The van der Waals surface area contributed by atoms with Gasteiger partial charge in [0.05, 0.1) is 12.8 Å². The molecule has 10 nitrogen and oxygen atoms in total. The van der Waals surface area contributed by atoms with Crippen LogP contribution in [0.25, 0.3) is 11.4 Å². The summed E-state index contributed by atoms with van der Waals surface area (Å²) in [5, 5.41) is 16.9. The first-order valence-corrected chi connectivity index (χ1v) is 12.3. The number of tetrazole rings is 1. The maximum Gasteiger partial charge on any atom is 0.268 e. The Hall–Kier alpha value is -3.96. The van der Waals surface area contributed by atoms with Gasteiger partial charge in [-0.1, -0.05) is 17.7 Å². The van der Waals surface area contributed by atoms with Crippen LogP contribution in [0.4, 0.5) is 11.4 Å². The number of sulfonamides is 1. The third-order valence-electron chi connectivity index (χ3n) is 5.64. The van der Waals surface area contributed by atoms with Crippen molar-refractivity contribution in [2.45, 2.75) is 11.3 Å². The molecular formula is C23H19ClN6O4S. The lowest BCUT2D eigenvalue weighted by molar-refractivity contribution is 0.102. The summed E-state index contributed by atoms with van der Waals surface area (Å²) in [6.07, 6.45) is 0.525. The van der Waals surface area contributed by atoms with Crippen molar-refractivity contribution in [3.05, 3.63) is 76.8 Å². The normalized spacial score (nSPS) is 12.9. The Morgan fingerprint density at radius 3 is 2.63 bits per heavy atom. The van der Waals surface area contributed by atoms with Crippen LogP contribution in [0.3, 0.4) is 0 Å². The van der Waals surface area contributed by atoms with E-state index in [4.69, 9.17) is 16.3 Å². The second-order valence-corrected chi connectivity index (χ2v) is 10.00. The first kappa shape index (κ1) is 22.8. The minimum atomic E-state index is -3.97. The van der Waals surface area contributed by atoms with E-state index in [9.17, 15) is 13.2 Å². The van der Waals surface area contributed by atoms with E-state index in [0.29, 0.717) is 29.2 Å². The summed E-state index contributed by atoms with van der Waals surface area (Å²) < 4.78 is 33.5. The zero-order valence-corrected chi connectivity index (χ0v) is 20.0. The number of carbonyl (C=O) groups is 1. The topological polar surface area (TPSA) is 130 Å². The Morgan fingerprint density at radius 1 is 1.11 bits per heavy atom. The van der Waals surface area contributed by atoms with E-state index in [-0.39, 0.29) is 28.1 Å². The molecule has 0 atom stereocenters. The maximum atomic E-state index is 13.5. The fourth-order valence-corrected chi connectivity index (χ4v) is 5.82. The van der Waals surface area contributed by atoms with Crippen molar-refractivity contribution in [1.82, 2.24) is 20.6 Å². The smallest absolute Gasteiger partial charge is 0.268 e. The Kier molecular flexibility index (Phi) is 5.87. The van der Waals surface area contributed by atoms with Crippen LogP contribution in [0.2, 0.25) is 5.02 Å². The Labute approximate surface area is 205 Å². The number of aromatic amines is 1. The molecule has 1 amide bonds. The fraction of sp³-hybridized carbons (Fsp3) is 0.130. The number of hydrogen-bond acceptors (Lipinski definition) is 7. The number of halogens is 1. The van der Waals surface area contributed by atoms with E-state index in [1.54, 1.807) is 48.5 Å². The van der Waals surface area contributed by atoms with E-state index in [0.717, 1.165) is 11.1 Å². The lowest BCUT2D eigenvalue weighted by atomic mass is 10.1. The first-order valence-electron chi connectivity index (χ1n) is 10.5. The van der Waals surface area contributed by atoms with Crippen LogP contribution >= 0.6 is 11.6 Å². The molecule has 0 bridgehead atoms. The molecule has 1 aliphatic heterocycles. The van der Waals surface area contributed by atoms with Crippen LogP contribution < -0.4 is 14.4 Å². The van der Waals surface area contributed by atoms with Crippen LogP contribution in [0.15, 0.2) is 65.6 Å². The van der Waals surface area contributed by atoms with E-state index >= 15 is 0 Å². The zero-order valence-electron chi connectivity index (χ0n) is 18.4. The molecule has 0 radical (unpaired) electrons. The lowest BCUT2D eigenvalue weighted by Gasteiger charge is -2.21. The molecule has 0 saturated carbocycles. The van der Waals surface area contributed by atoms with Gasteiger partial charge in [0.2, 0.25) is 5.82 Å². The molecule has 1 aromatic heterocycles. The number of anilines is 2. The van der Waals surface area contributed by atoms with Crippen molar-refractivity contribution in [1.29, 1.82) is 0 Å². The standard InChI is InChI=1S/C23H19ClN6O4S/c1-34-20-9-6-17(24)13-21(20)35(32,33)30-11-10-14-2-3-16(12-19(14)30)23(31)25-18-7-4-15(5-8-18)22-26-28-29-27-22/h2-9,12-13H,10-11H2,1H3,(H,25,31)(H,26,27,28,29). The minimum absolute atomic E-state index is 0.0307. The number of fused-ring (bicyclic) bond motifs is 1. The molecule has 12 heteroatoms. The van der Waals surface area contributed by atoms with Gasteiger partial charge >= 0.3 is 0 Å². The Balaban J connectivity index is 1.41. The number of rotatable bonds is 6. The van der Waals surface area contributed by atoms with E-state index in [2.05, 4.69) is 25.9 Å². The summed E-state index contributed by atoms with van der Waals surface area (Å²) in [5.41, 5.74) is 2.91. The number of carbonyl (C=O) groups excluding carboxylic acids is 1. The highest BCUT2D eigenvalue weighted by molar-refractivity contribution is 7.93. The van der Waals surface area contributed by atoms with Gasteiger partial charge in [-0.3, -0.25) is 9.10 Å². The van der Waals surface area contributed by atoms with Crippen molar-refractivity contribution in [3.8, 4) is 17.1 Å². The van der Waals surface area contributed by atoms with Crippen LogP contribution in [0.5, 0.6) is 5.75 Å². The molecule has 2 heterocycles. The largest absolute Gasteiger partial charge is 0.495 e. The van der Waals surface area contributed by atoms with Crippen molar-refractivity contribution < 1.29 is 17.9 Å². The average molecular weight is 511 g/mol. The lowest BCUT2D eigenvalue weighted by Crippen LogP contribution is -2.29. The van der Waals surface area contributed by atoms with Gasteiger partial charge in [-0.05, 0) is 71.8 Å². The highest BCUT2D eigenvalue weighted by Gasteiger charge is 2.33. The molecule has 2 N–H and O–H groups in total. The van der Waals surface area contributed by atoms with E-state index < -0.39 is 10.0 Å². The molecule has 0 saturated heterocycles. The molecule has 0 unspecified atom stereocenters. The van der Waals surface area contributed by atoms with Gasteiger partial charge in [0.25, 0.3) is 15.9 Å². The van der Waals surface area contributed by atoms with Gasteiger partial charge in [-0.2, -0.15) is 5.21 Å². The quantitative estimate of drug-likeness (QED) is 0.405. The van der Waals surface area contributed by atoms with Gasteiger partial charge in [0.1, 0.15) is 10.6 Å². The minimum Gasteiger partial charge on any atom is -0.495 e. The summed E-state index contributed by atoms with van der Waals surface area (Å²) in [6, 6.07) is 16.4. The van der Waals surface area contributed by atoms with Gasteiger partial charge in [-0.15, -0.1) is 10.2 Å². The number of nitrogens with zero attached hydrogens (tertiary/aromatic N) is 4. The molecule has 3 aromatic carbocycles. The van der Waals surface area contributed by atoms with Crippen molar-refractivity contribution in [2.75, 3.05) is 23.3 Å². The number of methoxy groups -OCH3 is 1. The van der Waals surface area contributed by atoms with Crippen molar-refractivity contribution in [2.24, 2.45) is 0 Å². The number of H-pyrrole nitrogens is 1. The fourth-order valence-electron chi connectivity index (χ4n) is 3.90. The number of benzene rings is 3. The van der Waals surface area contributed by atoms with Crippen LogP contribution in [-0.2, 0) is 16.4 Å². The van der Waals surface area contributed by atoms with Crippen molar-refractivity contribution >= 4 is 38.9 Å². The number of nitrogens with one attached hydrogen (secondary N) is 2. The zero-order chi connectivity index (χ0) is 24.6. The van der Waals surface area contributed by atoms with E-state index in [1.165, 1.54) is 23.5 Å². The third-order valence-corrected chi connectivity index (χ3v) is 7.71. The average Bonchev–Trinajstić information content (AvgIpc) is 3.55. The Bertz CT molecular complexity index is 1510. The summed E-state index contributed by atoms with van der Waals surface area (Å²) in [6.45, 7) is 0.246. The number of amides is 1. The van der Waals surface area contributed by atoms with E-state index in [1.807, 2.05) is 0 Å². The van der Waals surface area contributed by atoms with Gasteiger partial charge in [-0.25, -0.2) is 8.42 Å². The van der Waals surface area contributed by atoms with Crippen LogP contribution in [0, 0.1) is 0 Å². The highest BCUT2D eigenvalue weighted by Crippen LogP contribution is 2.37.